The van der Waals surface area contributed by atoms with Crippen LogP contribution in [0.3, 0.4) is 0 Å². The topological polar surface area (TPSA) is 120 Å². The Balaban J connectivity index is 1.02. The van der Waals surface area contributed by atoms with Crippen molar-refractivity contribution in [3.8, 4) is 11.5 Å². The molecule has 4 heterocycles. The van der Waals surface area contributed by atoms with Crippen LogP contribution in [-0.2, 0) is 39.4 Å². The smallest absolute Gasteiger partial charge is 0.266 e. The lowest BCUT2D eigenvalue weighted by atomic mass is 9.82. The van der Waals surface area contributed by atoms with E-state index in [0.29, 0.717) is 57.7 Å². The Kier molecular flexibility index (Phi) is 9.56. The van der Waals surface area contributed by atoms with Gasteiger partial charge in [0.25, 0.3) is 11.8 Å². The summed E-state index contributed by atoms with van der Waals surface area (Å²) in [7, 11) is -3.07. The van der Waals surface area contributed by atoms with Crippen LogP contribution in [0, 0.1) is 5.92 Å². The van der Waals surface area contributed by atoms with Crippen LogP contribution in [0.1, 0.15) is 46.0 Å². The number of carbonyl (C=O) groups is 3. The highest BCUT2D eigenvalue weighted by Crippen LogP contribution is 2.60. The van der Waals surface area contributed by atoms with E-state index >= 15 is 4.79 Å². The lowest BCUT2D eigenvalue weighted by Crippen LogP contribution is -2.48. The Morgan fingerprint density at radius 2 is 1.57 bits per heavy atom. The lowest BCUT2D eigenvalue weighted by Gasteiger charge is -2.37. The Bertz CT molecular complexity index is 2450. The number of amides is 3. The molecule has 5 atom stereocenters. The van der Waals surface area contributed by atoms with E-state index in [4.69, 9.17) is 21.1 Å². The molecule has 9 rings (SSSR count). The van der Waals surface area contributed by atoms with Gasteiger partial charge in [0.2, 0.25) is 5.91 Å². The number of aliphatic hydroxyl groups is 1. The molecule has 4 aliphatic heterocycles. The van der Waals surface area contributed by atoms with E-state index in [1.54, 1.807) is 39.0 Å². The van der Waals surface area contributed by atoms with Crippen molar-refractivity contribution in [1.82, 2.24) is 4.90 Å². The molecule has 2 N–H and O–H groups in total. The monoisotopic (exact) mass is 813 g/mol. The molecular formula is C46H44ClN3O7Si. The molecule has 12 heteroatoms. The third-order valence-corrected chi connectivity index (χ3v) is 15.1. The molecule has 5 aromatic rings. The second-order valence-corrected chi connectivity index (χ2v) is 20.7. The van der Waals surface area contributed by atoms with Gasteiger partial charge in [-0.05, 0) is 90.8 Å². The highest BCUT2D eigenvalue weighted by atomic mass is 35.5. The number of fused-ring (bicyclic) bond motifs is 5. The SMILES string of the molecule is C[C@H]1[C@H]([Si](C)(C)O)[C@@H](CC(=O)N2Cc3ccccc3C[C@H]2CO)O[C@]12C(=O)N(Cc1ccc(N3C(=O)c4ccccc4Oc4ccccc43)cc1)c1ccc(Cl)cc12. The van der Waals surface area contributed by atoms with Crippen LogP contribution >= 0.6 is 11.6 Å². The molecule has 0 aromatic heterocycles. The number of aliphatic hydroxyl groups excluding tert-OH is 1. The molecule has 58 heavy (non-hydrogen) atoms. The van der Waals surface area contributed by atoms with E-state index in [0.717, 1.165) is 16.7 Å². The second-order valence-electron chi connectivity index (χ2n) is 16.3. The number of benzene rings is 5. The average molecular weight is 814 g/mol. The molecule has 10 nitrogen and oxygen atoms in total. The first-order valence-electron chi connectivity index (χ1n) is 19.7. The van der Waals surface area contributed by atoms with Crippen LogP contribution in [0.2, 0.25) is 23.7 Å². The highest BCUT2D eigenvalue weighted by Gasteiger charge is 2.66. The molecule has 0 radical (unpaired) electrons. The van der Waals surface area contributed by atoms with Crippen LogP contribution in [-0.4, -0.2) is 59.6 Å². The van der Waals surface area contributed by atoms with E-state index < -0.39 is 31.5 Å². The Hall–Kier alpha value is -5.30. The molecule has 0 saturated carbocycles. The zero-order valence-electron chi connectivity index (χ0n) is 32.5. The second kappa shape index (κ2) is 14.5. The summed E-state index contributed by atoms with van der Waals surface area (Å²) >= 11 is 6.64. The van der Waals surface area contributed by atoms with Crippen molar-refractivity contribution in [1.29, 1.82) is 0 Å². The number of anilines is 3. The number of para-hydroxylation sites is 3. The lowest BCUT2D eigenvalue weighted by molar-refractivity contribution is -0.151. The molecule has 296 valence electrons. The van der Waals surface area contributed by atoms with Crippen molar-refractivity contribution in [2.24, 2.45) is 5.92 Å². The predicted octanol–water partition coefficient (Wildman–Crippen LogP) is 8.10. The first-order valence-corrected chi connectivity index (χ1v) is 23.1. The summed E-state index contributed by atoms with van der Waals surface area (Å²) in [6.07, 6.45) is -0.271. The number of hydrogen-bond donors (Lipinski definition) is 2. The summed E-state index contributed by atoms with van der Waals surface area (Å²) in [6.45, 7) is 5.98. The van der Waals surface area contributed by atoms with Gasteiger partial charge in [-0.25, -0.2) is 0 Å². The van der Waals surface area contributed by atoms with Crippen LogP contribution < -0.4 is 14.5 Å². The van der Waals surface area contributed by atoms with Crippen molar-refractivity contribution >= 4 is 54.7 Å². The molecule has 0 unspecified atom stereocenters. The quantitative estimate of drug-likeness (QED) is 0.160. The first kappa shape index (κ1) is 38.2. The summed E-state index contributed by atoms with van der Waals surface area (Å²) < 4.78 is 13.1. The molecule has 0 bridgehead atoms. The fourth-order valence-electron chi connectivity index (χ4n) is 9.74. The maximum atomic E-state index is 15.1. The Labute approximate surface area is 343 Å². The van der Waals surface area contributed by atoms with Gasteiger partial charge in [0.1, 0.15) is 5.75 Å². The summed E-state index contributed by atoms with van der Waals surface area (Å²) in [4.78, 5) is 60.2. The van der Waals surface area contributed by atoms with E-state index in [9.17, 15) is 19.5 Å². The fourth-order valence-corrected chi connectivity index (χ4v) is 12.5. The fraction of sp³-hybridized carbons (Fsp3) is 0.283. The average Bonchev–Trinajstić information content (AvgIpc) is 3.58. The molecule has 5 aromatic carbocycles. The van der Waals surface area contributed by atoms with Gasteiger partial charge in [-0.15, -0.1) is 0 Å². The minimum Gasteiger partial charge on any atom is -0.454 e. The van der Waals surface area contributed by atoms with Crippen LogP contribution in [0.15, 0.2) is 115 Å². The summed E-state index contributed by atoms with van der Waals surface area (Å²) in [6, 6.07) is 35.0. The zero-order valence-corrected chi connectivity index (χ0v) is 34.2. The molecule has 1 fully saturated rings. The van der Waals surface area contributed by atoms with Crippen LogP contribution in [0.5, 0.6) is 11.5 Å². The number of halogens is 1. The molecule has 4 aliphatic rings. The largest absolute Gasteiger partial charge is 0.454 e. The van der Waals surface area contributed by atoms with Gasteiger partial charge in [0.05, 0.1) is 48.7 Å². The molecule has 1 spiro atoms. The third-order valence-electron chi connectivity index (χ3n) is 12.4. The molecule has 0 aliphatic carbocycles. The third kappa shape index (κ3) is 6.24. The van der Waals surface area contributed by atoms with Gasteiger partial charge in [-0.3, -0.25) is 19.3 Å². The maximum Gasteiger partial charge on any atom is 0.266 e. The van der Waals surface area contributed by atoms with Crippen LogP contribution in [0.4, 0.5) is 17.1 Å². The Morgan fingerprint density at radius 3 is 2.31 bits per heavy atom. The summed E-state index contributed by atoms with van der Waals surface area (Å²) in [5, 5.41) is 10.8. The minimum atomic E-state index is -3.07. The van der Waals surface area contributed by atoms with Gasteiger partial charge < -0.3 is 29.2 Å². The van der Waals surface area contributed by atoms with Gasteiger partial charge in [-0.1, -0.05) is 79.2 Å². The van der Waals surface area contributed by atoms with Crippen molar-refractivity contribution < 1.29 is 33.8 Å². The number of carbonyl (C=O) groups excluding carboxylic acids is 3. The number of rotatable bonds is 7. The summed E-state index contributed by atoms with van der Waals surface area (Å²) in [5.74, 6) is -0.163. The standard InChI is InChI=1S/C46H44ClN3O7Si/c1-28-43(58(2,3)55)41(24-42(52)48-26-31-11-5-4-10-30(31)22-34(48)27-51)57-46(28)36-23-32(47)18-21-37(36)49(45(46)54)25-29-16-19-33(20-17-29)50-38-13-7-9-15-40(38)56-39-14-8-6-12-35(39)44(50)53/h4-21,23,28,34,41,43,51,55H,22,24-27H2,1-3H3/t28-,34-,41+,43-,46+/m0/s1. The number of ether oxygens (including phenoxy) is 2. The number of nitrogens with zero attached hydrogens (tertiary/aromatic N) is 3. The van der Waals surface area contributed by atoms with Gasteiger partial charge in [0, 0.05) is 34.3 Å². The van der Waals surface area contributed by atoms with E-state index in [1.165, 1.54) is 0 Å². The zero-order chi connectivity index (χ0) is 40.5. The molecule has 3 amide bonds. The van der Waals surface area contributed by atoms with E-state index in [1.807, 2.05) is 111 Å². The normalized spacial score (nSPS) is 23.6. The number of hydrogen-bond acceptors (Lipinski definition) is 7. The Morgan fingerprint density at radius 1 is 0.879 bits per heavy atom. The van der Waals surface area contributed by atoms with Crippen molar-refractivity contribution in [2.75, 3.05) is 16.4 Å². The van der Waals surface area contributed by atoms with Crippen LogP contribution in [0.25, 0.3) is 0 Å². The minimum absolute atomic E-state index is 0.0507. The van der Waals surface area contributed by atoms with Gasteiger partial charge in [-0.2, -0.15) is 0 Å². The van der Waals surface area contributed by atoms with Crippen molar-refractivity contribution in [3.05, 3.63) is 148 Å². The maximum absolute atomic E-state index is 15.1. The van der Waals surface area contributed by atoms with E-state index in [-0.39, 0.29) is 43.3 Å². The van der Waals surface area contributed by atoms with Gasteiger partial charge in [0.15, 0.2) is 19.7 Å². The molecular weight excluding hydrogens is 770 g/mol. The predicted molar refractivity (Wildman–Crippen MR) is 224 cm³/mol. The van der Waals surface area contributed by atoms with Gasteiger partial charge >= 0.3 is 0 Å². The highest BCUT2D eigenvalue weighted by molar-refractivity contribution is 6.71. The summed E-state index contributed by atoms with van der Waals surface area (Å²) in [5.41, 5.74) is 3.93. The van der Waals surface area contributed by atoms with Crippen molar-refractivity contribution in [3.63, 3.8) is 0 Å². The molecule has 1 saturated heterocycles. The van der Waals surface area contributed by atoms with E-state index in [2.05, 4.69) is 0 Å². The first-order chi connectivity index (χ1) is 27.9. The van der Waals surface area contributed by atoms with Crippen molar-refractivity contribution in [2.45, 2.75) is 69.2 Å².